The average molecular weight is 147 g/mol. The van der Waals surface area contributed by atoms with Gasteiger partial charge in [0.25, 0.3) is 0 Å². The highest BCUT2D eigenvalue weighted by Gasteiger charge is 2.21. The molecule has 0 aliphatic rings. The van der Waals surface area contributed by atoms with E-state index in [1.54, 1.807) is 0 Å². The number of hydrazine groups is 2. The van der Waals surface area contributed by atoms with Gasteiger partial charge in [0, 0.05) is 0 Å². The Labute approximate surface area is 62.0 Å². The van der Waals surface area contributed by atoms with Crippen molar-refractivity contribution in [1.82, 2.24) is 5.28 Å². The molecule has 0 spiro atoms. The van der Waals surface area contributed by atoms with Gasteiger partial charge in [-0.05, 0) is 19.8 Å². The summed E-state index contributed by atoms with van der Waals surface area (Å²) in [7, 11) is 0. The molecule has 0 rings (SSSR count). The van der Waals surface area contributed by atoms with Crippen LogP contribution in [0.5, 0.6) is 0 Å². The van der Waals surface area contributed by atoms with Gasteiger partial charge < -0.3 is 0 Å². The van der Waals surface area contributed by atoms with Gasteiger partial charge in [-0.2, -0.15) is 0 Å². The van der Waals surface area contributed by atoms with Crippen molar-refractivity contribution >= 4 is 0 Å². The topological polar surface area (TPSA) is 64.5 Å². The normalized spacial score (nSPS) is 12.6. The van der Waals surface area contributed by atoms with Crippen molar-refractivity contribution in [2.24, 2.45) is 11.7 Å². The summed E-state index contributed by atoms with van der Waals surface area (Å²) in [6.45, 7) is 6.04. The first kappa shape index (κ1) is 9.84. The predicted octanol–water partition coefficient (Wildman–Crippen LogP) is 0.546. The molecule has 4 N–H and O–H groups in total. The molecule has 0 aromatic rings. The average Bonchev–Trinajstić information content (AvgIpc) is 1.87. The highest BCUT2D eigenvalue weighted by Crippen LogP contribution is 2.18. The minimum Gasteiger partial charge on any atom is -0.264 e. The van der Waals surface area contributed by atoms with Gasteiger partial charge in [-0.25, -0.2) is 11.7 Å². The first-order valence-electron chi connectivity index (χ1n) is 3.52. The molecule has 10 heavy (non-hydrogen) atoms. The van der Waals surface area contributed by atoms with Gasteiger partial charge in [-0.3, -0.25) is 4.84 Å². The molecule has 62 valence electrons. The molecular weight excluding hydrogens is 130 g/mol. The zero-order valence-electron chi connectivity index (χ0n) is 6.92. The quantitative estimate of drug-likeness (QED) is 0.450. The van der Waals surface area contributed by atoms with Crippen LogP contribution in [-0.4, -0.2) is 10.9 Å². The van der Waals surface area contributed by atoms with Crippen LogP contribution in [0.25, 0.3) is 0 Å². The van der Waals surface area contributed by atoms with E-state index in [1.807, 2.05) is 20.8 Å². The van der Waals surface area contributed by atoms with Crippen LogP contribution in [0.3, 0.4) is 0 Å². The lowest BCUT2D eigenvalue weighted by atomic mass is 10.0. The lowest BCUT2D eigenvalue weighted by molar-refractivity contribution is -0.249. The predicted molar refractivity (Wildman–Crippen MR) is 40.3 cm³/mol. The third-order valence-electron chi connectivity index (χ3n) is 1.82. The minimum absolute atomic E-state index is 0.219. The second-order valence-corrected chi connectivity index (χ2v) is 2.61. The van der Waals surface area contributed by atoms with E-state index in [2.05, 4.69) is 0 Å². The Hall–Kier alpha value is -0.160. The molecular formula is C6H17N3O. The van der Waals surface area contributed by atoms with Crippen LogP contribution in [0, 0.1) is 0 Å². The van der Waals surface area contributed by atoms with E-state index < -0.39 is 0 Å². The van der Waals surface area contributed by atoms with E-state index in [4.69, 9.17) is 16.5 Å². The van der Waals surface area contributed by atoms with Crippen molar-refractivity contribution in [3.63, 3.8) is 0 Å². The number of hydrogen-bond acceptors (Lipinski definition) is 4. The smallest absolute Gasteiger partial charge is 0.0898 e. The van der Waals surface area contributed by atoms with Crippen molar-refractivity contribution in [3.8, 4) is 0 Å². The molecule has 0 saturated heterocycles. The first-order chi connectivity index (χ1) is 4.54. The van der Waals surface area contributed by atoms with Crippen molar-refractivity contribution in [3.05, 3.63) is 0 Å². The van der Waals surface area contributed by atoms with Gasteiger partial charge >= 0.3 is 0 Å². The second-order valence-electron chi connectivity index (χ2n) is 2.61. The van der Waals surface area contributed by atoms with Crippen LogP contribution >= 0.6 is 0 Å². The third-order valence-corrected chi connectivity index (χ3v) is 1.82. The van der Waals surface area contributed by atoms with Gasteiger partial charge in [0.15, 0.2) is 0 Å². The molecule has 0 amide bonds. The van der Waals surface area contributed by atoms with Crippen molar-refractivity contribution in [2.75, 3.05) is 0 Å². The number of nitrogens with zero attached hydrogens (tertiary/aromatic N) is 1. The summed E-state index contributed by atoms with van der Waals surface area (Å²) in [5.41, 5.74) is -0.219. The standard InChI is InChI=1S/C6H17N3O/c1-4-6(3,5-2)10-9(7)8/h4-5,7-8H2,1-3H3. The SMILES string of the molecule is CCC(C)(CC)ON(N)N. The fourth-order valence-corrected chi connectivity index (χ4v) is 0.634. The fourth-order valence-electron chi connectivity index (χ4n) is 0.634. The van der Waals surface area contributed by atoms with Crippen LogP contribution in [0.1, 0.15) is 33.6 Å². The Balaban J connectivity index is 3.80. The maximum atomic E-state index is 5.12. The molecule has 0 saturated carbocycles. The summed E-state index contributed by atoms with van der Waals surface area (Å²) >= 11 is 0. The molecule has 0 radical (unpaired) electrons. The van der Waals surface area contributed by atoms with Crippen molar-refractivity contribution < 1.29 is 4.84 Å². The molecule has 0 fully saturated rings. The van der Waals surface area contributed by atoms with Crippen LogP contribution in [0.15, 0.2) is 0 Å². The maximum Gasteiger partial charge on any atom is 0.0898 e. The van der Waals surface area contributed by atoms with Crippen LogP contribution in [-0.2, 0) is 4.84 Å². The monoisotopic (exact) mass is 147 g/mol. The second kappa shape index (κ2) is 3.88. The number of rotatable bonds is 4. The van der Waals surface area contributed by atoms with E-state index in [0.29, 0.717) is 0 Å². The van der Waals surface area contributed by atoms with E-state index in [0.717, 1.165) is 18.1 Å². The van der Waals surface area contributed by atoms with Crippen LogP contribution < -0.4 is 11.7 Å². The summed E-state index contributed by atoms with van der Waals surface area (Å²) in [6, 6.07) is 0. The molecule has 4 heteroatoms. The Kier molecular flexibility index (Phi) is 3.81. The molecule has 0 heterocycles. The fraction of sp³-hybridized carbons (Fsp3) is 1.00. The highest BCUT2D eigenvalue weighted by molar-refractivity contribution is 4.68. The summed E-state index contributed by atoms with van der Waals surface area (Å²) in [5, 5.41) is 0.771. The summed E-state index contributed by atoms with van der Waals surface area (Å²) in [5.74, 6) is 10.2. The van der Waals surface area contributed by atoms with Gasteiger partial charge in [-0.15, -0.1) is 0 Å². The number of nitrogens with two attached hydrogens (primary N) is 2. The summed E-state index contributed by atoms with van der Waals surface area (Å²) < 4.78 is 0. The van der Waals surface area contributed by atoms with Gasteiger partial charge in [0.05, 0.1) is 5.60 Å². The zero-order chi connectivity index (χ0) is 8.20. The largest absolute Gasteiger partial charge is 0.264 e. The van der Waals surface area contributed by atoms with Gasteiger partial charge in [0.1, 0.15) is 0 Å². The van der Waals surface area contributed by atoms with E-state index in [9.17, 15) is 0 Å². The maximum absolute atomic E-state index is 5.12. The molecule has 0 atom stereocenters. The molecule has 0 aliphatic heterocycles. The Morgan fingerprint density at radius 2 is 1.70 bits per heavy atom. The molecule has 0 aliphatic carbocycles. The van der Waals surface area contributed by atoms with E-state index in [-0.39, 0.29) is 5.60 Å². The third kappa shape index (κ3) is 3.12. The lowest BCUT2D eigenvalue weighted by Gasteiger charge is -2.28. The number of hydrogen-bond donors (Lipinski definition) is 2. The minimum atomic E-state index is -0.219. The van der Waals surface area contributed by atoms with E-state index >= 15 is 0 Å². The summed E-state index contributed by atoms with van der Waals surface area (Å²) in [6.07, 6.45) is 1.79. The molecule has 0 bridgehead atoms. The van der Waals surface area contributed by atoms with E-state index in [1.165, 1.54) is 0 Å². The van der Waals surface area contributed by atoms with Crippen molar-refractivity contribution in [1.29, 1.82) is 0 Å². The van der Waals surface area contributed by atoms with Gasteiger partial charge in [0.2, 0.25) is 0 Å². The Morgan fingerprint density at radius 1 is 1.30 bits per heavy atom. The molecule has 0 aromatic heterocycles. The molecule has 0 unspecified atom stereocenters. The lowest BCUT2D eigenvalue weighted by Crippen LogP contribution is -2.45. The Bertz CT molecular complexity index is 91.0. The first-order valence-corrected chi connectivity index (χ1v) is 3.52. The molecule has 0 aromatic carbocycles. The Morgan fingerprint density at radius 3 is 1.80 bits per heavy atom. The zero-order valence-corrected chi connectivity index (χ0v) is 6.92. The van der Waals surface area contributed by atoms with Crippen molar-refractivity contribution in [2.45, 2.75) is 39.2 Å². The van der Waals surface area contributed by atoms with Gasteiger partial charge in [-0.1, -0.05) is 19.1 Å². The van der Waals surface area contributed by atoms with Crippen LogP contribution in [0.2, 0.25) is 0 Å². The summed E-state index contributed by atoms with van der Waals surface area (Å²) in [4.78, 5) is 5.12. The molecule has 4 nitrogen and oxygen atoms in total. The van der Waals surface area contributed by atoms with Crippen LogP contribution in [0.4, 0.5) is 0 Å². The highest BCUT2D eigenvalue weighted by atomic mass is 16.7.